The van der Waals surface area contributed by atoms with Crippen LogP contribution >= 0.6 is 23.1 Å². The number of nitrogens with zero attached hydrogens (tertiary/aromatic N) is 3. The number of nitrogens with one attached hydrogen (secondary N) is 1. The maximum absolute atomic E-state index is 12.7. The highest BCUT2D eigenvalue weighted by Crippen LogP contribution is 2.28. The minimum atomic E-state index is -0.0905. The molecule has 0 spiro atoms. The highest BCUT2D eigenvalue weighted by atomic mass is 32.2. The van der Waals surface area contributed by atoms with Gasteiger partial charge in [0.25, 0.3) is 0 Å². The third-order valence-corrected chi connectivity index (χ3v) is 6.91. The molecule has 8 heteroatoms. The van der Waals surface area contributed by atoms with Crippen LogP contribution in [0.5, 0.6) is 0 Å². The summed E-state index contributed by atoms with van der Waals surface area (Å²) in [5, 5.41) is 12.2. The van der Waals surface area contributed by atoms with Crippen molar-refractivity contribution in [1.29, 1.82) is 0 Å². The van der Waals surface area contributed by atoms with Crippen LogP contribution in [0.2, 0.25) is 0 Å². The summed E-state index contributed by atoms with van der Waals surface area (Å²) in [5.74, 6) is 0.956. The lowest BCUT2D eigenvalue weighted by atomic mass is 9.87. The number of ketones is 1. The van der Waals surface area contributed by atoms with Crippen LogP contribution in [0.1, 0.15) is 47.8 Å². The van der Waals surface area contributed by atoms with Crippen molar-refractivity contribution in [2.75, 3.05) is 5.75 Å². The normalized spacial score (nSPS) is 11.4. The van der Waals surface area contributed by atoms with E-state index in [1.807, 2.05) is 10.6 Å². The molecule has 3 rings (SSSR count). The van der Waals surface area contributed by atoms with E-state index in [4.69, 9.17) is 0 Å². The van der Waals surface area contributed by atoms with Crippen molar-refractivity contribution in [2.45, 2.75) is 51.4 Å². The molecule has 3 aromatic rings. The van der Waals surface area contributed by atoms with Gasteiger partial charge in [0, 0.05) is 23.9 Å². The van der Waals surface area contributed by atoms with Crippen molar-refractivity contribution in [3.8, 4) is 11.4 Å². The zero-order valence-corrected chi connectivity index (χ0v) is 20.5. The molecule has 6 nitrogen and oxygen atoms in total. The summed E-state index contributed by atoms with van der Waals surface area (Å²) in [6.07, 6.45) is 1.80. The van der Waals surface area contributed by atoms with Gasteiger partial charge in [-0.2, -0.15) is 0 Å². The molecule has 0 saturated carbocycles. The lowest BCUT2D eigenvalue weighted by molar-refractivity contribution is -0.119. The van der Waals surface area contributed by atoms with Gasteiger partial charge < -0.3 is 5.32 Å². The molecule has 32 heavy (non-hydrogen) atoms. The van der Waals surface area contributed by atoms with Gasteiger partial charge >= 0.3 is 0 Å². The van der Waals surface area contributed by atoms with Gasteiger partial charge in [0.15, 0.2) is 16.8 Å². The standard InChI is InChI=1S/C24H28N4O2S2/c1-6-13-28-22(17-7-9-18(10-8-17)24(3,4)5)26-27-23(28)31-15-20(30)21-12-11-19(32-21)14-25-16(2)29/h6-12H,1,13-15H2,2-5H3,(H,25,29). The lowest BCUT2D eigenvalue weighted by Gasteiger charge is -2.19. The largest absolute Gasteiger partial charge is 0.351 e. The number of carbonyl (C=O) groups excluding carboxylic acids is 2. The van der Waals surface area contributed by atoms with Gasteiger partial charge in [-0.05, 0) is 23.1 Å². The molecule has 0 aliphatic rings. The number of benzene rings is 1. The number of thiophene rings is 1. The van der Waals surface area contributed by atoms with Gasteiger partial charge in [-0.3, -0.25) is 14.2 Å². The van der Waals surface area contributed by atoms with E-state index in [0.29, 0.717) is 23.1 Å². The Labute approximate surface area is 197 Å². The second kappa shape index (κ2) is 10.3. The smallest absolute Gasteiger partial charge is 0.217 e. The zero-order chi connectivity index (χ0) is 23.3. The van der Waals surface area contributed by atoms with Gasteiger partial charge in [-0.15, -0.1) is 28.1 Å². The van der Waals surface area contributed by atoms with E-state index < -0.39 is 0 Å². The SMILES string of the molecule is C=CCn1c(SCC(=O)c2ccc(CNC(C)=O)s2)nnc1-c1ccc(C(C)(C)C)cc1. The first-order valence-electron chi connectivity index (χ1n) is 10.3. The van der Waals surface area contributed by atoms with Crippen LogP contribution in [0, 0.1) is 0 Å². The summed E-state index contributed by atoms with van der Waals surface area (Å²) in [7, 11) is 0. The topological polar surface area (TPSA) is 76.9 Å². The highest BCUT2D eigenvalue weighted by molar-refractivity contribution is 7.99. The van der Waals surface area contributed by atoms with Crippen molar-refractivity contribution in [3.05, 3.63) is 64.4 Å². The molecular formula is C24H28N4O2S2. The van der Waals surface area contributed by atoms with E-state index in [1.54, 1.807) is 12.1 Å². The molecular weight excluding hydrogens is 440 g/mol. The fraction of sp³-hybridized carbons (Fsp3) is 0.333. The Morgan fingerprint density at radius 1 is 1.16 bits per heavy atom. The number of allylic oxidation sites excluding steroid dienone is 1. The van der Waals surface area contributed by atoms with Gasteiger partial charge in [0.05, 0.1) is 17.2 Å². The second-order valence-electron chi connectivity index (χ2n) is 8.42. The first-order valence-corrected chi connectivity index (χ1v) is 12.1. The number of hydrogen-bond donors (Lipinski definition) is 1. The van der Waals surface area contributed by atoms with Crippen molar-refractivity contribution in [2.24, 2.45) is 0 Å². The molecule has 1 N–H and O–H groups in total. The Morgan fingerprint density at radius 2 is 1.88 bits per heavy atom. The molecule has 2 heterocycles. The first-order chi connectivity index (χ1) is 15.2. The molecule has 2 aromatic heterocycles. The summed E-state index contributed by atoms with van der Waals surface area (Å²) in [4.78, 5) is 25.4. The van der Waals surface area contributed by atoms with Crippen LogP contribution in [0.3, 0.4) is 0 Å². The van der Waals surface area contributed by atoms with E-state index >= 15 is 0 Å². The molecule has 0 bridgehead atoms. The Morgan fingerprint density at radius 3 is 2.50 bits per heavy atom. The second-order valence-corrected chi connectivity index (χ2v) is 10.5. The number of carbonyl (C=O) groups is 2. The van der Waals surface area contributed by atoms with Crippen LogP contribution < -0.4 is 5.32 Å². The number of amides is 1. The number of thioether (sulfide) groups is 1. The van der Waals surface area contributed by atoms with Crippen molar-refractivity contribution in [1.82, 2.24) is 20.1 Å². The number of aromatic nitrogens is 3. The van der Waals surface area contributed by atoms with Crippen LogP contribution in [0.25, 0.3) is 11.4 Å². The molecule has 0 aliphatic carbocycles. The highest BCUT2D eigenvalue weighted by Gasteiger charge is 2.18. The maximum atomic E-state index is 12.7. The molecule has 1 aromatic carbocycles. The van der Waals surface area contributed by atoms with Gasteiger partial charge in [0.1, 0.15) is 0 Å². The van der Waals surface area contributed by atoms with Crippen LogP contribution in [0.4, 0.5) is 0 Å². The molecule has 168 valence electrons. The third-order valence-electron chi connectivity index (χ3n) is 4.82. The summed E-state index contributed by atoms with van der Waals surface area (Å²) >= 11 is 2.77. The van der Waals surface area contributed by atoms with E-state index in [0.717, 1.165) is 16.3 Å². The van der Waals surface area contributed by atoms with Gasteiger partial charge in [-0.25, -0.2) is 0 Å². The Hall–Kier alpha value is -2.71. The summed E-state index contributed by atoms with van der Waals surface area (Å²) < 4.78 is 1.98. The van der Waals surface area contributed by atoms with Crippen LogP contribution in [-0.2, 0) is 23.3 Å². The first kappa shape index (κ1) is 23.9. The fourth-order valence-electron chi connectivity index (χ4n) is 3.06. The summed E-state index contributed by atoms with van der Waals surface area (Å²) in [6.45, 7) is 12.9. The van der Waals surface area contributed by atoms with E-state index in [2.05, 4.69) is 67.1 Å². The summed E-state index contributed by atoms with van der Waals surface area (Å²) in [6, 6.07) is 12.0. The van der Waals surface area contributed by atoms with Crippen molar-refractivity contribution >= 4 is 34.8 Å². The molecule has 0 aliphatic heterocycles. The third kappa shape index (κ3) is 5.95. The molecule has 0 radical (unpaired) electrons. The van der Waals surface area contributed by atoms with Gasteiger partial charge in [0.2, 0.25) is 5.91 Å². The Kier molecular flexibility index (Phi) is 7.69. The fourth-order valence-corrected chi connectivity index (χ4v) is 4.87. The quantitative estimate of drug-likeness (QED) is 0.269. The average Bonchev–Trinajstić information content (AvgIpc) is 3.38. The minimum Gasteiger partial charge on any atom is -0.351 e. The average molecular weight is 469 g/mol. The molecule has 0 unspecified atom stereocenters. The van der Waals surface area contributed by atoms with E-state index in [9.17, 15) is 9.59 Å². The number of rotatable bonds is 9. The molecule has 1 amide bonds. The van der Waals surface area contributed by atoms with Crippen LogP contribution in [-0.4, -0.2) is 32.2 Å². The number of Topliss-reactive ketones (excluding diaryl/α,β-unsaturated/α-hetero) is 1. The predicted octanol–water partition coefficient (Wildman–Crippen LogP) is 5.10. The lowest BCUT2D eigenvalue weighted by Crippen LogP contribution is -2.18. The van der Waals surface area contributed by atoms with Crippen molar-refractivity contribution < 1.29 is 9.59 Å². The Bertz CT molecular complexity index is 1110. The monoisotopic (exact) mass is 468 g/mol. The Balaban J connectivity index is 1.72. The van der Waals surface area contributed by atoms with Crippen LogP contribution in [0.15, 0.2) is 54.2 Å². The maximum Gasteiger partial charge on any atom is 0.217 e. The van der Waals surface area contributed by atoms with E-state index in [1.165, 1.54) is 35.6 Å². The molecule has 0 atom stereocenters. The minimum absolute atomic E-state index is 0.0262. The van der Waals surface area contributed by atoms with Crippen molar-refractivity contribution in [3.63, 3.8) is 0 Å². The molecule has 0 saturated heterocycles. The predicted molar refractivity (Wildman–Crippen MR) is 131 cm³/mol. The molecule has 0 fully saturated rings. The van der Waals surface area contributed by atoms with Gasteiger partial charge in [-0.1, -0.05) is 62.9 Å². The summed E-state index contributed by atoms with van der Waals surface area (Å²) in [5.41, 5.74) is 2.31. The zero-order valence-electron chi connectivity index (χ0n) is 18.8. The number of hydrogen-bond acceptors (Lipinski definition) is 6. The van der Waals surface area contributed by atoms with E-state index in [-0.39, 0.29) is 22.9 Å².